The molecule has 172 valence electrons. The number of carbonyl (C=O) groups excluding carboxylic acids is 3. The van der Waals surface area contributed by atoms with Gasteiger partial charge in [0.15, 0.2) is 0 Å². The highest BCUT2D eigenvalue weighted by molar-refractivity contribution is 6.54. The Morgan fingerprint density at radius 3 is 2.42 bits per heavy atom. The van der Waals surface area contributed by atoms with E-state index in [9.17, 15) is 14.4 Å². The van der Waals surface area contributed by atoms with E-state index in [1.54, 1.807) is 41.3 Å². The maximum absolute atomic E-state index is 13.1. The zero-order valence-corrected chi connectivity index (χ0v) is 20.2. The van der Waals surface area contributed by atoms with E-state index in [1.165, 1.54) is 12.5 Å². The Labute approximate surface area is 207 Å². The number of carbonyl (C=O) groups is 3. The highest BCUT2D eigenvalue weighted by Crippen LogP contribution is 2.37. The third kappa shape index (κ3) is 4.60. The van der Waals surface area contributed by atoms with Crippen molar-refractivity contribution in [2.24, 2.45) is 0 Å². The maximum atomic E-state index is 13.1. The van der Waals surface area contributed by atoms with Crippen LogP contribution >= 0.6 is 34.8 Å². The molecular formula is C24H22Cl3N3O3. The lowest BCUT2D eigenvalue weighted by Gasteiger charge is -2.31. The van der Waals surface area contributed by atoms with Gasteiger partial charge in [-0.3, -0.25) is 14.4 Å². The normalized spacial score (nSPS) is 17.0. The monoisotopic (exact) mass is 505 g/mol. The van der Waals surface area contributed by atoms with Crippen molar-refractivity contribution in [2.45, 2.75) is 38.1 Å². The Morgan fingerprint density at radius 1 is 1.00 bits per heavy atom. The molecule has 1 N–H and O–H groups in total. The van der Waals surface area contributed by atoms with Crippen LogP contribution in [0.1, 0.15) is 42.5 Å². The molecular weight excluding hydrogens is 485 g/mol. The minimum absolute atomic E-state index is 0.0740. The summed E-state index contributed by atoms with van der Waals surface area (Å²) in [5.74, 6) is -1.46. The Hall–Kier alpha value is -2.54. The number of halogens is 3. The largest absolute Gasteiger partial charge is 0.350 e. The van der Waals surface area contributed by atoms with Crippen molar-refractivity contribution in [3.63, 3.8) is 0 Å². The van der Waals surface area contributed by atoms with E-state index in [0.717, 1.165) is 30.6 Å². The number of hydrogen-bond donors (Lipinski definition) is 1. The van der Waals surface area contributed by atoms with Gasteiger partial charge >= 0.3 is 0 Å². The molecule has 2 aromatic rings. The first-order valence-corrected chi connectivity index (χ1v) is 11.8. The first kappa shape index (κ1) is 23.6. The van der Waals surface area contributed by atoms with Gasteiger partial charge in [-0.2, -0.15) is 0 Å². The molecule has 9 heteroatoms. The number of amides is 3. The van der Waals surface area contributed by atoms with Crippen molar-refractivity contribution in [1.82, 2.24) is 4.90 Å². The van der Waals surface area contributed by atoms with E-state index < -0.39 is 11.8 Å². The summed E-state index contributed by atoms with van der Waals surface area (Å²) in [7, 11) is 1.82. The number of benzene rings is 2. The topological polar surface area (TPSA) is 69.7 Å². The van der Waals surface area contributed by atoms with Crippen molar-refractivity contribution in [2.75, 3.05) is 17.3 Å². The van der Waals surface area contributed by atoms with Gasteiger partial charge in [0.25, 0.3) is 17.7 Å². The summed E-state index contributed by atoms with van der Waals surface area (Å²) in [6.45, 7) is 0. The maximum Gasteiger partial charge on any atom is 0.283 e. The zero-order chi connectivity index (χ0) is 23.7. The molecule has 0 spiro atoms. The Kier molecular flexibility index (Phi) is 6.98. The van der Waals surface area contributed by atoms with Crippen molar-refractivity contribution < 1.29 is 14.4 Å². The Morgan fingerprint density at radius 2 is 1.70 bits per heavy atom. The van der Waals surface area contributed by atoms with Crippen LogP contribution in [0.25, 0.3) is 0 Å². The molecule has 0 aromatic heterocycles. The van der Waals surface area contributed by atoms with Gasteiger partial charge in [-0.1, -0.05) is 66.2 Å². The van der Waals surface area contributed by atoms with Gasteiger partial charge in [0, 0.05) is 24.3 Å². The third-order valence-electron chi connectivity index (χ3n) is 6.02. The van der Waals surface area contributed by atoms with E-state index in [1.807, 2.05) is 7.05 Å². The number of nitrogens with zero attached hydrogens (tertiary/aromatic N) is 2. The van der Waals surface area contributed by atoms with Gasteiger partial charge in [-0.05, 0) is 43.2 Å². The van der Waals surface area contributed by atoms with E-state index in [0.29, 0.717) is 11.3 Å². The van der Waals surface area contributed by atoms with Crippen LogP contribution in [0.3, 0.4) is 0 Å². The second kappa shape index (κ2) is 9.75. The molecule has 1 heterocycles. The molecule has 2 aliphatic rings. The second-order valence-electron chi connectivity index (χ2n) is 8.12. The van der Waals surface area contributed by atoms with E-state index in [-0.39, 0.29) is 38.4 Å². The number of hydrogen-bond acceptors (Lipinski definition) is 4. The first-order valence-electron chi connectivity index (χ1n) is 10.7. The van der Waals surface area contributed by atoms with Crippen molar-refractivity contribution in [3.8, 4) is 0 Å². The van der Waals surface area contributed by atoms with Crippen LogP contribution in [0, 0.1) is 0 Å². The summed E-state index contributed by atoms with van der Waals surface area (Å²) in [5.41, 5.74) is 0.998. The van der Waals surface area contributed by atoms with Crippen molar-refractivity contribution >= 4 is 63.9 Å². The number of nitrogens with one attached hydrogen (secondary N) is 1. The molecule has 0 saturated heterocycles. The number of anilines is 2. The van der Waals surface area contributed by atoms with Gasteiger partial charge < -0.3 is 10.2 Å². The molecule has 0 atom stereocenters. The molecule has 2 aromatic carbocycles. The van der Waals surface area contributed by atoms with Gasteiger partial charge in [-0.15, -0.1) is 0 Å². The molecule has 0 radical (unpaired) electrons. The molecule has 6 nitrogen and oxygen atoms in total. The van der Waals surface area contributed by atoms with Crippen molar-refractivity contribution in [1.29, 1.82) is 0 Å². The molecule has 4 rings (SSSR count). The van der Waals surface area contributed by atoms with Crippen LogP contribution in [-0.2, 0) is 9.59 Å². The average molecular weight is 507 g/mol. The van der Waals surface area contributed by atoms with Gasteiger partial charge in [0.05, 0.1) is 15.7 Å². The highest BCUT2D eigenvalue weighted by atomic mass is 35.5. The van der Waals surface area contributed by atoms with E-state index >= 15 is 0 Å². The second-order valence-corrected chi connectivity index (χ2v) is 9.28. The Bertz CT molecular complexity index is 1160. The summed E-state index contributed by atoms with van der Waals surface area (Å²) >= 11 is 18.5. The van der Waals surface area contributed by atoms with E-state index in [4.69, 9.17) is 34.8 Å². The molecule has 0 bridgehead atoms. The third-order valence-corrected chi connectivity index (χ3v) is 7.18. The van der Waals surface area contributed by atoms with Crippen LogP contribution in [0.2, 0.25) is 10.0 Å². The molecule has 0 unspecified atom stereocenters. The van der Waals surface area contributed by atoms with Gasteiger partial charge in [0.2, 0.25) is 0 Å². The summed E-state index contributed by atoms with van der Waals surface area (Å²) in [4.78, 5) is 41.5. The summed E-state index contributed by atoms with van der Waals surface area (Å²) in [6, 6.07) is 11.7. The van der Waals surface area contributed by atoms with Crippen LogP contribution in [0.15, 0.2) is 53.2 Å². The lowest BCUT2D eigenvalue weighted by molar-refractivity contribution is -0.120. The zero-order valence-electron chi connectivity index (χ0n) is 17.9. The predicted octanol–water partition coefficient (Wildman–Crippen LogP) is 5.83. The number of imide groups is 1. The predicted molar refractivity (Wildman–Crippen MR) is 131 cm³/mol. The first-order chi connectivity index (χ1) is 15.8. The summed E-state index contributed by atoms with van der Waals surface area (Å²) < 4.78 is 0. The summed E-state index contributed by atoms with van der Waals surface area (Å²) in [5, 5.41) is 2.92. The summed E-state index contributed by atoms with van der Waals surface area (Å²) in [6.07, 6.45) is 5.46. The highest BCUT2D eigenvalue weighted by Gasteiger charge is 2.40. The minimum atomic E-state index is -0.711. The smallest absolute Gasteiger partial charge is 0.283 e. The van der Waals surface area contributed by atoms with Crippen LogP contribution in [-0.4, -0.2) is 35.7 Å². The molecule has 1 saturated carbocycles. The molecule has 1 aliphatic carbocycles. The fourth-order valence-corrected chi connectivity index (χ4v) is 4.80. The Balaban J connectivity index is 1.55. The van der Waals surface area contributed by atoms with Crippen LogP contribution in [0.4, 0.5) is 11.4 Å². The average Bonchev–Trinajstić information content (AvgIpc) is 3.04. The fourth-order valence-electron chi connectivity index (χ4n) is 4.21. The standard InChI is InChI=1S/C24H22Cl3N3O3/c1-29(16-9-3-2-4-10-16)22(31)14-7-5-8-15(13-14)28-21-20(27)23(32)30(24(21)33)18-12-6-11-17(25)19(18)26/h5-8,11-13,16,28H,2-4,9-10H2,1H3. The molecule has 1 aliphatic heterocycles. The quantitative estimate of drug-likeness (QED) is 0.518. The lowest BCUT2D eigenvalue weighted by atomic mass is 9.94. The number of rotatable bonds is 5. The molecule has 1 fully saturated rings. The van der Waals surface area contributed by atoms with Gasteiger partial charge in [-0.25, -0.2) is 4.90 Å². The van der Waals surface area contributed by atoms with Crippen LogP contribution < -0.4 is 10.2 Å². The van der Waals surface area contributed by atoms with Crippen molar-refractivity contribution in [3.05, 3.63) is 68.8 Å². The SMILES string of the molecule is CN(C(=O)c1cccc(NC2=C(Cl)C(=O)N(c3cccc(Cl)c3Cl)C2=O)c1)C1CCCCC1. The fraction of sp³-hybridized carbons (Fsp3) is 0.292. The van der Waals surface area contributed by atoms with Crippen LogP contribution in [0.5, 0.6) is 0 Å². The minimum Gasteiger partial charge on any atom is -0.350 e. The van der Waals surface area contributed by atoms with E-state index in [2.05, 4.69) is 5.32 Å². The lowest BCUT2D eigenvalue weighted by Crippen LogP contribution is -2.38. The molecule has 33 heavy (non-hydrogen) atoms. The van der Waals surface area contributed by atoms with Gasteiger partial charge in [0.1, 0.15) is 10.7 Å². The molecule has 3 amide bonds.